The van der Waals surface area contributed by atoms with E-state index in [1.807, 2.05) is 0 Å². The van der Waals surface area contributed by atoms with E-state index < -0.39 is 24.7 Å². The van der Waals surface area contributed by atoms with Crippen LogP contribution in [0.25, 0.3) is 0 Å². The zero-order valence-corrected chi connectivity index (χ0v) is 7.32. The molecule has 1 atom stereocenters. The van der Waals surface area contributed by atoms with Crippen molar-refractivity contribution in [3.8, 4) is 0 Å². The summed E-state index contributed by atoms with van der Waals surface area (Å²) < 4.78 is 35.4. The highest BCUT2D eigenvalue weighted by molar-refractivity contribution is 5.75. The molecule has 0 aliphatic rings. The lowest BCUT2D eigenvalue weighted by atomic mass is 10.3. The Morgan fingerprint density at radius 3 is 2.46 bits per heavy atom. The Bertz CT molecular complexity index is 170. The van der Waals surface area contributed by atoms with Gasteiger partial charge in [-0.05, 0) is 6.42 Å². The summed E-state index contributed by atoms with van der Waals surface area (Å²) in [7, 11) is 0. The van der Waals surface area contributed by atoms with Crippen LogP contribution in [0.3, 0.4) is 0 Å². The molecule has 0 fully saturated rings. The highest BCUT2D eigenvalue weighted by atomic mass is 19.4. The standard InChI is InChI=1S/C7H13F3N2O/c1-2-3-6(13)12-4-5(11)7(8,9)10/h5H,2-4,11H2,1H3,(H,12,13). The smallest absolute Gasteiger partial charge is 0.354 e. The molecular weight excluding hydrogens is 185 g/mol. The van der Waals surface area contributed by atoms with Crippen molar-refractivity contribution in [2.75, 3.05) is 6.54 Å². The van der Waals surface area contributed by atoms with Crippen LogP contribution in [0.15, 0.2) is 0 Å². The second-order valence-corrected chi connectivity index (χ2v) is 2.70. The van der Waals surface area contributed by atoms with Crippen LogP contribution < -0.4 is 11.1 Å². The molecule has 0 aromatic rings. The molecule has 0 aromatic heterocycles. The fraction of sp³-hybridized carbons (Fsp3) is 0.857. The predicted octanol–water partition coefficient (Wildman–Crippen LogP) is 0.792. The quantitative estimate of drug-likeness (QED) is 0.701. The molecule has 0 radical (unpaired) electrons. The monoisotopic (exact) mass is 198 g/mol. The van der Waals surface area contributed by atoms with Gasteiger partial charge in [-0.3, -0.25) is 4.79 Å². The van der Waals surface area contributed by atoms with Gasteiger partial charge in [0, 0.05) is 13.0 Å². The summed E-state index contributed by atoms with van der Waals surface area (Å²) in [6.07, 6.45) is -3.61. The van der Waals surface area contributed by atoms with E-state index in [9.17, 15) is 18.0 Å². The lowest BCUT2D eigenvalue weighted by Crippen LogP contribution is -2.46. The Kier molecular flexibility index (Phi) is 4.76. The molecule has 0 heterocycles. The van der Waals surface area contributed by atoms with Gasteiger partial charge in [-0.25, -0.2) is 0 Å². The van der Waals surface area contributed by atoms with Crippen molar-refractivity contribution in [2.24, 2.45) is 5.73 Å². The van der Waals surface area contributed by atoms with Crippen LogP contribution in [0.5, 0.6) is 0 Å². The first kappa shape index (κ1) is 12.2. The Balaban J connectivity index is 3.70. The number of alkyl halides is 3. The van der Waals surface area contributed by atoms with Crippen molar-refractivity contribution in [1.82, 2.24) is 5.32 Å². The summed E-state index contributed by atoms with van der Waals surface area (Å²) in [5.41, 5.74) is 4.76. The lowest BCUT2D eigenvalue weighted by Gasteiger charge is -2.15. The van der Waals surface area contributed by atoms with Crippen molar-refractivity contribution in [3.63, 3.8) is 0 Å². The van der Waals surface area contributed by atoms with Gasteiger partial charge in [-0.2, -0.15) is 13.2 Å². The summed E-state index contributed by atoms with van der Waals surface area (Å²) in [5.74, 6) is -0.401. The van der Waals surface area contributed by atoms with E-state index in [1.54, 1.807) is 6.92 Å². The van der Waals surface area contributed by atoms with Gasteiger partial charge in [-0.1, -0.05) is 6.92 Å². The molecule has 3 N–H and O–H groups in total. The third-order valence-electron chi connectivity index (χ3n) is 1.42. The first-order chi connectivity index (χ1) is 5.88. The zero-order valence-electron chi connectivity index (χ0n) is 7.32. The summed E-state index contributed by atoms with van der Waals surface area (Å²) in [4.78, 5) is 10.7. The van der Waals surface area contributed by atoms with Gasteiger partial charge in [-0.15, -0.1) is 0 Å². The maximum absolute atomic E-state index is 11.8. The van der Waals surface area contributed by atoms with E-state index >= 15 is 0 Å². The molecule has 0 aliphatic heterocycles. The Morgan fingerprint density at radius 1 is 1.54 bits per heavy atom. The molecule has 0 rings (SSSR count). The number of hydrogen-bond acceptors (Lipinski definition) is 2. The van der Waals surface area contributed by atoms with Crippen LogP contribution >= 0.6 is 0 Å². The Labute approximate surface area is 74.5 Å². The lowest BCUT2D eigenvalue weighted by molar-refractivity contribution is -0.147. The molecule has 78 valence electrons. The molecule has 3 nitrogen and oxygen atoms in total. The first-order valence-corrected chi connectivity index (χ1v) is 3.97. The van der Waals surface area contributed by atoms with Crippen LogP contribution in [-0.4, -0.2) is 24.7 Å². The molecule has 0 aliphatic carbocycles. The molecule has 0 saturated carbocycles. The Morgan fingerprint density at radius 2 is 2.08 bits per heavy atom. The molecule has 0 spiro atoms. The minimum atomic E-state index is -4.44. The molecule has 0 bridgehead atoms. The van der Waals surface area contributed by atoms with Crippen molar-refractivity contribution < 1.29 is 18.0 Å². The predicted molar refractivity (Wildman–Crippen MR) is 41.9 cm³/mol. The minimum absolute atomic E-state index is 0.227. The number of nitrogens with two attached hydrogens (primary N) is 1. The van der Waals surface area contributed by atoms with Gasteiger partial charge in [0.25, 0.3) is 0 Å². The van der Waals surface area contributed by atoms with E-state index in [0.29, 0.717) is 6.42 Å². The highest BCUT2D eigenvalue weighted by Gasteiger charge is 2.36. The average molecular weight is 198 g/mol. The molecule has 6 heteroatoms. The number of rotatable bonds is 4. The number of halogens is 3. The molecular formula is C7H13F3N2O. The normalized spacial score (nSPS) is 13.9. The van der Waals surface area contributed by atoms with Crippen LogP contribution in [0.1, 0.15) is 19.8 Å². The third kappa shape index (κ3) is 5.46. The van der Waals surface area contributed by atoms with Gasteiger partial charge in [0.05, 0.1) is 0 Å². The second-order valence-electron chi connectivity index (χ2n) is 2.70. The fourth-order valence-corrected chi connectivity index (χ4v) is 0.655. The van der Waals surface area contributed by atoms with E-state index in [0.717, 1.165) is 0 Å². The number of carbonyl (C=O) groups is 1. The summed E-state index contributed by atoms with van der Waals surface area (Å²) in [6.45, 7) is 1.21. The van der Waals surface area contributed by atoms with E-state index in [1.165, 1.54) is 0 Å². The molecule has 0 saturated heterocycles. The van der Waals surface area contributed by atoms with E-state index in [-0.39, 0.29) is 6.42 Å². The summed E-state index contributed by atoms with van der Waals surface area (Å²) in [5, 5.41) is 2.11. The van der Waals surface area contributed by atoms with Crippen LogP contribution in [0.2, 0.25) is 0 Å². The maximum Gasteiger partial charge on any atom is 0.405 e. The van der Waals surface area contributed by atoms with Gasteiger partial charge < -0.3 is 11.1 Å². The van der Waals surface area contributed by atoms with E-state index in [4.69, 9.17) is 5.73 Å². The van der Waals surface area contributed by atoms with Crippen molar-refractivity contribution in [1.29, 1.82) is 0 Å². The van der Waals surface area contributed by atoms with Crippen molar-refractivity contribution in [2.45, 2.75) is 32.0 Å². The Hall–Kier alpha value is -0.780. The minimum Gasteiger partial charge on any atom is -0.354 e. The third-order valence-corrected chi connectivity index (χ3v) is 1.42. The number of hydrogen-bond donors (Lipinski definition) is 2. The molecule has 0 aromatic carbocycles. The first-order valence-electron chi connectivity index (χ1n) is 3.97. The second kappa shape index (κ2) is 5.06. The maximum atomic E-state index is 11.8. The van der Waals surface area contributed by atoms with Crippen molar-refractivity contribution >= 4 is 5.91 Å². The SMILES string of the molecule is CCCC(=O)NCC(N)C(F)(F)F. The van der Waals surface area contributed by atoms with Gasteiger partial charge in [0.1, 0.15) is 6.04 Å². The number of carbonyl (C=O) groups excluding carboxylic acids is 1. The largest absolute Gasteiger partial charge is 0.405 e. The van der Waals surface area contributed by atoms with Gasteiger partial charge in [0.15, 0.2) is 0 Å². The van der Waals surface area contributed by atoms with Crippen molar-refractivity contribution in [3.05, 3.63) is 0 Å². The number of amides is 1. The topological polar surface area (TPSA) is 55.1 Å². The van der Waals surface area contributed by atoms with E-state index in [2.05, 4.69) is 5.32 Å². The van der Waals surface area contributed by atoms with Crippen LogP contribution in [0, 0.1) is 0 Å². The summed E-state index contributed by atoms with van der Waals surface area (Å²) in [6, 6.07) is -1.98. The summed E-state index contributed by atoms with van der Waals surface area (Å²) >= 11 is 0. The molecule has 1 amide bonds. The highest BCUT2D eigenvalue weighted by Crippen LogP contribution is 2.17. The van der Waals surface area contributed by atoms with Crippen LogP contribution in [-0.2, 0) is 4.79 Å². The van der Waals surface area contributed by atoms with Gasteiger partial charge in [0.2, 0.25) is 5.91 Å². The van der Waals surface area contributed by atoms with Crippen LogP contribution in [0.4, 0.5) is 13.2 Å². The number of nitrogens with one attached hydrogen (secondary N) is 1. The molecule has 1 unspecified atom stereocenters. The molecule has 13 heavy (non-hydrogen) atoms. The van der Waals surface area contributed by atoms with Gasteiger partial charge >= 0.3 is 6.18 Å². The average Bonchev–Trinajstić information content (AvgIpc) is 1.99. The zero-order chi connectivity index (χ0) is 10.5. The fourth-order valence-electron chi connectivity index (χ4n) is 0.655.